The Hall–Kier alpha value is -3.82. The van der Waals surface area contributed by atoms with E-state index in [-0.39, 0.29) is 21.1 Å². The topological polar surface area (TPSA) is 52.8 Å². The summed E-state index contributed by atoms with van der Waals surface area (Å²) >= 11 is 0. The zero-order valence-corrected chi connectivity index (χ0v) is 19.5. The molecule has 0 aliphatic rings. The van der Waals surface area contributed by atoms with Crippen LogP contribution in [0.1, 0.15) is 0 Å². The molecule has 0 aliphatic carbocycles. The van der Waals surface area contributed by atoms with Gasteiger partial charge in [-0.1, -0.05) is 29.7 Å². The van der Waals surface area contributed by atoms with E-state index in [1.807, 2.05) is 48.5 Å². The van der Waals surface area contributed by atoms with Crippen molar-refractivity contribution in [3.05, 3.63) is 110 Å². The zero-order chi connectivity index (χ0) is 21.3. The molecule has 6 aromatic rings. The van der Waals surface area contributed by atoms with Gasteiger partial charge in [0.15, 0.2) is 5.82 Å². The summed E-state index contributed by atoms with van der Waals surface area (Å²) in [5.41, 5.74) is 3.80. The molecule has 0 atom stereocenters. The Labute approximate surface area is 205 Å². The molecule has 3 heterocycles. The second-order valence-corrected chi connectivity index (χ2v) is 7.25. The fourth-order valence-corrected chi connectivity index (χ4v) is 3.88. The van der Waals surface area contributed by atoms with Crippen molar-refractivity contribution < 1.29 is 25.8 Å². The minimum Gasteiger partial charge on any atom is -0.460 e. The molecule has 0 fully saturated rings. The molecule has 0 radical (unpaired) electrons. The smallest absolute Gasteiger partial charge is 0.460 e. The molecule has 0 saturated carbocycles. The van der Waals surface area contributed by atoms with Crippen LogP contribution in [-0.2, 0) is 21.1 Å². The predicted molar refractivity (Wildman–Crippen MR) is 124 cm³/mol. The molecular formula is C27H16N4OPt. The number of para-hydroxylation sites is 1. The van der Waals surface area contributed by atoms with Crippen LogP contribution < -0.4 is 4.74 Å². The molecule has 0 aliphatic heterocycles. The van der Waals surface area contributed by atoms with Crippen molar-refractivity contribution in [1.29, 1.82) is 0 Å². The fourth-order valence-electron chi connectivity index (χ4n) is 3.88. The van der Waals surface area contributed by atoms with Gasteiger partial charge in [0, 0.05) is 35.9 Å². The van der Waals surface area contributed by atoms with Crippen LogP contribution in [0.15, 0.2) is 97.6 Å². The molecule has 0 bridgehead atoms. The third-order valence-electron chi connectivity index (χ3n) is 5.27. The quantitative estimate of drug-likeness (QED) is 0.230. The second kappa shape index (κ2) is 8.97. The number of hydrogen-bond acceptors (Lipinski definition) is 4. The van der Waals surface area contributed by atoms with E-state index < -0.39 is 0 Å². The number of ether oxygens (including phenoxy) is 1. The van der Waals surface area contributed by atoms with Crippen LogP contribution in [0.4, 0.5) is 0 Å². The van der Waals surface area contributed by atoms with Crippen molar-refractivity contribution in [2.24, 2.45) is 0 Å². The fraction of sp³-hybridized carbons (Fsp3) is 0. The first kappa shape index (κ1) is 21.0. The number of fused-ring (bicyclic) bond motifs is 3. The third-order valence-corrected chi connectivity index (χ3v) is 5.27. The summed E-state index contributed by atoms with van der Waals surface area (Å²) < 4.78 is 7.96. The van der Waals surface area contributed by atoms with Crippen molar-refractivity contribution in [1.82, 2.24) is 19.5 Å². The molecule has 0 amide bonds. The largest absolute Gasteiger partial charge is 2.00 e. The maximum absolute atomic E-state index is 5.87. The average Bonchev–Trinajstić information content (AvgIpc) is 3.19. The van der Waals surface area contributed by atoms with Crippen LogP contribution in [0, 0.1) is 12.1 Å². The van der Waals surface area contributed by atoms with Crippen molar-refractivity contribution >= 4 is 21.8 Å². The molecule has 0 saturated heterocycles. The normalized spacial score (nSPS) is 10.8. The molecule has 33 heavy (non-hydrogen) atoms. The van der Waals surface area contributed by atoms with Gasteiger partial charge in [-0.15, -0.1) is 18.2 Å². The first-order chi connectivity index (χ1) is 15.9. The van der Waals surface area contributed by atoms with Gasteiger partial charge < -0.3 is 9.30 Å². The maximum atomic E-state index is 5.87. The molecule has 6 rings (SSSR count). The SMILES string of the molecule is [Pt+2].[c-]1c(Oc2ccccn2)cccc1-c1[c-]c2c(cc1)c1ccccc1n2-c1cnccn1. The summed E-state index contributed by atoms with van der Waals surface area (Å²) in [6.07, 6.45) is 6.84. The van der Waals surface area contributed by atoms with Gasteiger partial charge in [-0.3, -0.25) is 4.98 Å². The number of pyridine rings is 1. The predicted octanol–water partition coefficient (Wildman–Crippen LogP) is 6.03. The first-order valence-electron chi connectivity index (χ1n) is 10.2. The van der Waals surface area contributed by atoms with Crippen LogP contribution in [0.2, 0.25) is 0 Å². The summed E-state index contributed by atoms with van der Waals surface area (Å²) in [5.74, 6) is 1.88. The van der Waals surface area contributed by atoms with E-state index in [1.54, 1.807) is 24.8 Å². The molecule has 0 spiro atoms. The molecule has 5 nitrogen and oxygen atoms in total. The molecule has 160 valence electrons. The molecule has 6 heteroatoms. The maximum Gasteiger partial charge on any atom is 2.00 e. The van der Waals surface area contributed by atoms with Crippen molar-refractivity contribution in [3.8, 4) is 28.6 Å². The van der Waals surface area contributed by atoms with E-state index in [0.717, 1.165) is 38.8 Å². The van der Waals surface area contributed by atoms with E-state index in [4.69, 9.17) is 4.74 Å². The van der Waals surface area contributed by atoms with E-state index in [9.17, 15) is 0 Å². The van der Waals surface area contributed by atoms with Gasteiger partial charge >= 0.3 is 21.1 Å². The minimum atomic E-state index is 0. The Bertz CT molecular complexity index is 1550. The molecule has 0 N–H and O–H groups in total. The molecule has 3 aromatic carbocycles. The van der Waals surface area contributed by atoms with E-state index in [0.29, 0.717) is 11.6 Å². The summed E-state index contributed by atoms with van der Waals surface area (Å²) in [7, 11) is 0. The van der Waals surface area contributed by atoms with E-state index in [1.165, 1.54) is 0 Å². The molecular weight excluding hydrogens is 591 g/mol. The van der Waals surface area contributed by atoms with Gasteiger partial charge in [-0.05, 0) is 23.0 Å². The Kier molecular flexibility index (Phi) is 5.72. The van der Waals surface area contributed by atoms with Crippen LogP contribution in [0.3, 0.4) is 0 Å². The number of aromatic nitrogens is 4. The third kappa shape index (κ3) is 3.92. The summed E-state index contributed by atoms with van der Waals surface area (Å²) in [6, 6.07) is 30.8. The van der Waals surface area contributed by atoms with Crippen LogP contribution in [-0.4, -0.2) is 19.5 Å². The Morgan fingerprint density at radius 1 is 0.697 bits per heavy atom. The van der Waals surface area contributed by atoms with Crippen molar-refractivity contribution in [2.45, 2.75) is 0 Å². The standard InChI is InChI=1S/C27H16N4O.Pt/c1-2-9-24-22(8-1)23-12-11-20(17-25(23)31(24)26-18-28-14-15-29-26)19-6-5-7-21(16-19)32-27-10-3-4-13-30-27;/h1-15,18H;/q-2;+2. The zero-order valence-electron chi connectivity index (χ0n) is 17.3. The van der Waals surface area contributed by atoms with E-state index in [2.05, 4.69) is 55.9 Å². The Balaban J connectivity index is 0.00000228. The minimum absolute atomic E-state index is 0. The van der Waals surface area contributed by atoms with Crippen LogP contribution in [0.25, 0.3) is 38.8 Å². The van der Waals surface area contributed by atoms with Crippen molar-refractivity contribution in [2.75, 3.05) is 0 Å². The monoisotopic (exact) mass is 607 g/mol. The van der Waals surface area contributed by atoms with Crippen LogP contribution in [0.5, 0.6) is 11.6 Å². The van der Waals surface area contributed by atoms with E-state index >= 15 is 0 Å². The summed E-state index contributed by atoms with van der Waals surface area (Å²) in [5, 5.41) is 2.25. The second-order valence-electron chi connectivity index (χ2n) is 7.25. The van der Waals surface area contributed by atoms with Gasteiger partial charge in [0.2, 0.25) is 5.88 Å². The number of rotatable bonds is 4. The van der Waals surface area contributed by atoms with Gasteiger partial charge in [-0.2, -0.15) is 24.3 Å². The average molecular weight is 608 g/mol. The van der Waals surface area contributed by atoms with Gasteiger partial charge in [0.05, 0.1) is 6.20 Å². The van der Waals surface area contributed by atoms with Gasteiger partial charge in [-0.25, -0.2) is 21.1 Å². The molecule has 0 unspecified atom stereocenters. The molecule has 3 aromatic heterocycles. The Morgan fingerprint density at radius 3 is 2.42 bits per heavy atom. The van der Waals surface area contributed by atoms with Gasteiger partial charge in [0.1, 0.15) is 0 Å². The number of nitrogens with zero attached hydrogens (tertiary/aromatic N) is 4. The van der Waals surface area contributed by atoms with Crippen LogP contribution >= 0.6 is 0 Å². The first-order valence-corrected chi connectivity index (χ1v) is 10.2. The summed E-state index contributed by atoms with van der Waals surface area (Å²) in [4.78, 5) is 13.0. The Morgan fingerprint density at radius 2 is 1.58 bits per heavy atom. The van der Waals surface area contributed by atoms with Crippen molar-refractivity contribution in [3.63, 3.8) is 0 Å². The van der Waals surface area contributed by atoms with Gasteiger partial charge in [0.25, 0.3) is 0 Å². The summed E-state index contributed by atoms with van der Waals surface area (Å²) in [6.45, 7) is 0. The number of benzene rings is 3. The number of hydrogen-bond donors (Lipinski definition) is 0.